The Kier molecular flexibility index (Phi) is 4.76. The van der Waals surface area contributed by atoms with Gasteiger partial charge >= 0.3 is 0 Å². The van der Waals surface area contributed by atoms with Gasteiger partial charge in [0.1, 0.15) is 0 Å². The van der Waals surface area contributed by atoms with Crippen molar-refractivity contribution in [2.75, 3.05) is 19.6 Å². The van der Waals surface area contributed by atoms with Crippen LogP contribution in [-0.2, 0) is 16.0 Å². The summed E-state index contributed by atoms with van der Waals surface area (Å²) in [6.45, 7) is 3.35. The van der Waals surface area contributed by atoms with Crippen molar-refractivity contribution in [3.8, 4) is 0 Å². The van der Waals surface area contributed by atoms with Crippen LogP contribution in [0.15, 0.2) is 47.8 Å². The molecule has 5 heteroatoms. The molecule has 1 aromatic heterocycles. The summed E-state index contributed by atoms with van der Waals surface area (Å²) in [6, 6.07) is 13.9. The minimum atomic E-state index is -0.0682. The second-order valence-electron chi connectivity index (χ2n) is 5.73. The van der Waals surface area contributed by atoms with E-state index in [1.165, 1.54) is 0 Å². The van der Waals surface area contributed by atoms with Crippen molar-refractivity contribution in [2.45, 2.75) is 19.4 Å². The van der Waals surface area contributed by atoms with Crippen LogP contribution in [0.2, 0.25) is 0 Å². The molecule has 2 aromatic rings. The molecule has 4 nitrogen and oxygen atoms in total. The van der Waals surface area contributed by atoms with E-state index in [1.807, 2.05) is 57.6 Å². The Labute approximate surface area is 140 Å². The number of rotatable bonds is 3. The van der Waals surface area contributed by atoms with Crippen molar-refractivity contribution in [3.05, 3.63) is 58.3 Å². The van der Waals surface area contributed by atoms with Gasteiger partial charge in [-0.3, -0.25) is 9.59 Å². The van der Waals surface area contributed by atoms with Gasteiger partial charge in [0.2, 0.25) is 11.8 Å². The summed E-state index contributed by atoms with van der Waals surface area (Å²) in [6.07, 6.45) is 0.432. The molecule has 0 N–H and O–H groups in total. The summed E-state index contributed by atoms with van der Waals surface area (Å²) in [5.74, 6) is 0.195. The van der Waals surface area contributed by atoms with Gasteiger partial charge in [0.05, 0.1) is 12.5 Å². The molecular formula is C18H20N2O2S. The van der Waals surface area contributed by atoms with Crippen LogP contribution >= 0.6 is 11.3 Å². The summed E-state index contributed by atoms with van der Waals surface area (Å²) in [5.41, 5.74) is 1.08. The number of thiophene rings is 1. The first-order valence-electron chi connectivity index (χ1n) is 7.77. The molecule has 1 aliphatic rings. The Bertz CT molecular complexity index is 670. The highest BCUT2D eigenvalue weighted by atomic mass is 32.1. The van der Waals surface area contributed by atoms with Gasteiger partial charge in [-0.1, -0.05) is 36.4 Å². The fraction of sp³-hybridized carbons (Fsp3) is 0.333. The quantitative estimate of drug-likeness (QED) is 0.869. The third-order valence-electron chi connectivity index (χ3n) is 4.24. The van der Waals surface area contributed by atoms with Gasteiger partial charge in [0.25, 0.3) is 0 Å². The number of hydrogen-bond donors (Lipinski definition) is 0. The van der Waals surface area contributed by atoms with Crippen LogP contribution in [0.25, 0.3) is 0 Å². The van der Waals surface area contributed by atoms with Crippen molar-refractivity contribution in [1.29, 1.82) is 0 Å². The van der Waals surface area contributed by atoms with E-state index in [-0.39, 0.29) is 17.9 Å². The van der Waals surface area contributed by atoms with Crippen LogP contribution in [0.1, 0.15) is 23.4 Å². The maximum atomic E-state index is 12.8. The number of carbonyl (C=O) groups excluding carboxylic acids is 2. The van der Waals surface area contributed by atoms with E-state index in [0.717, 1.165) is 10.4 Å². The van der Waals surface area contributed by atoms with E-state index in [4.69, 9.17) is 0 Å². The third-order valence-corrected chi connectivity index (χ3v) is 5.11. The van der Waals surface area contributed by atoms with Crippen LogP contribution in [-0.4, -0.2) is 41.2 Å². The van der Waals surface area contributed by atoms with E-state index in [9.17, 15) is 9.59 Å². The van der Waals surface area contributed by atoms with Crippen molar-refractivity contribution in [3.63, 3.8) is 0 Å². The molecule has 0 bridgehead atoms. The minimum absolute atomic E-state index is 0.0660. The molecule has 3 rings (SSSR count). The van der Waals surface area contributed by atoms with Crippen LogP contribution in [0.4, 0.5) is 0 Å². The molecule has 1 saturated heterocycles. The first kappa shape index (κ1) is 15.7. The number of amides is 2. The zero-order valence-electron chi connectivity index (χ0n) is 13.1. The van der Waals surface area contributed by atoms with Gasteiger partial charge in [-0.2, -0.15) is 0 Å². The fourth-order valence-electron chi connectivity index (χ4n) is 2.99. The molecule has 0 aliphatic carbocycles. The highest BCUT2D eigenvalue weighted by Crippen LogP contribution is 2.26. The van der Waals surface area contributed by atoms with Gasteiger partial charge in [0, 0.05) is 31.4 Å². The van der Waals surface area contributed by atoms with E-state index in [2.05, 4.69) is 0 Å². The lowest BCUT2D eigenvalue weighted by Gasteiger charge is -2.41. The molecule has 1 atom stereocenters. The zero-order chi connectivity index (χ0) is 16.2. The van der Waals surface area contributed by atoms with Crippen LogP contribution < -0.4 is 0 Å². The molecule has 1 unspecified atom stereocenters. The number of benzene rings is 1. The SMILES string of the molecule is CC(=O)N1CCN(C(=O)Cc2cccs2)C(c2ccccc2)C1. The maximum absolute atomic E-state index is 12.8. The Morgan fingerprint density at radius 2 is 1.91 bits per heavy atom. The molecule has 0 saturated carbocycles. The number of nitrogens with zero attached hydrogens (tertiary/aromatic N) is 2. The Balaban J connectivity index is 1.81. The van der Waals surface area contributed by atoms with Crippen molar-refractivity contribution < 1.29 is 9.59 Å². The van der Waals surface area contributed by atoms with Crippen LogP contribution in [0, 0.1) is 0 Å². The molecule has 0 radical (unpaired) electrons. The molecule has 0 spiro atoms. The largest absolute Gasteiger partial charge is 0.339 e. The lowest BCUT2D eigenvalue weighted by atomic mass is 10.0. The van der Waals surface area contributed by atoms with E-state index < -0.39 is 0 Å². The molecule has 1 aromatic carbocycles. The fourth-order valence-corrected chi connectivity index (χ4v) is 3.69. The highest BCUT2D eigenvalue weighted by Gasteiger charge is 2.32. The second kappa shape index (κ2) is 6.96. The predicted octanol–water partition coefficient (Wildman–Crippen LogP) is 2.72. The summed E-state index contributed by atoms with van der Waals surface area (Å²) >= 11 is 1.61. The van der Waals surface area contributed by atoms with Gasteiger partial charge in [-0.05, 0) is 17.0 Å². The van der Waals surface area contributed by atoms with Crippen LogP contribution in [0.3, 0.4) is 0 Å². The molecule has 2 amide bonds. The molecule has 23 heavy (non-hydrogen) atoms. The number of hydrogen-bond acceptors (Lipinski definition) is 3. The second-order valence-corrected chi connectivity index (χ2v) is 6.77. The highest BCUT2D eigenvalue weighted by molar-refractivity contribution is 7.10. The van der Waals surface area contributed by atoms with E-state index >= 15 is 0 Å². The molecule has 2 heterocycles. The Hall–Kier alpha value is -2.14. The lowest BCUT2D eigenvalue weighted by molar-refractivity contribution is -0.141. The standard InChI is InChI=1S/C18H20N2O2S/c1-14(21)19-9-10-20(18(22)12-16-8-5-11-23-16)17(13-19)15-6-3-2-4-7-15/h2-8,11,17H,9-10,12-13H2,1H3. The molecule has 120 valence electrons. The van der Waals surface area contributed by atoms with Crippen molar-refractivity contribution in [1.82, 2.24) is 9.80 Å². The number of carbonyl (C=O) groups is 2. The number of piperazine rings is 1. The zero-order valence-corrected chi connectivity index (χ0v) is 14.0. The van der Waals surface area contributed by atoms with Crippen molar-refractivity contribution >= 4 is 23.2 Å². The van der Waals surface area contributed by atoms with E-state index in [1.54, 1.807) is 18.3 Å². The average Bonchev–Trinajstić information content (AvgIpc) is 3.08. The minimum Gasteiger partial charge on any atom is -0.339 e. The van der Waals surface area contributed by atoms with Crippen molar-refractivity contribution in [2.24, 2.45) is 0 Å². The lowest BCUT2D eigenvalue weighted by Crippen LogP contribution is -2.52. The third kappa shape index (κ3) is 3.62. The van der Waals surface area contributed by atoms with Crippen LogP contribution in [0.5, 0.6) is 0 Å². The first-order chi connectivity index (χ1) is 11.1. The molecular weight excluding hydrogens is 308 g/mol. The summed E-state index contributed by atoms with van der Waals surface area (Å²) in [7, 11) is 0. The van der Waals surface area contributed by atoms with Gasteiger partial charge in [0.15, 0.2) is 0 Å². The summed E-state index contributed by atoms with van der Waals surface area (Å²) in [4.78, 5) is 29.3. The monoisotopic (exact) mass is 328 g/mol. The topological polar surface area (TPSA) is 40.6 Å². The summed E-state index contributed by atoms with van der Waals surface area (Å²) in [5, 5.41) is 1.99. The van der Waals surface area contributed by atoms with Gasteiger partial charge in [-0.25, -0.2) is 0 Å². The molecule has 1 fully saturated rings. The summed E-state index contributed by atoms with van der Waals surface area (Å²) < 4.78 is 0. The normalized spacial score (nSPS) is 18.0. The predicted molar refractivity (Wildman–Crippen MR) is 91.2 cm³/mol. The molecule has 1 aliphatic heterocycles. The first-order valence-corrected chi connectivity index (χ1v) is 8.65. The Morgan fingerprint density at radius 3 is 2.57 bits per heavy atom. The van der Waals surface area contributed by atoms with E-state index in [0.29, 0.717) is 26.1 Å². The average molecular weight is 328 g/mol. The smallest absolute Gasteiger partial charge is 0.228 e. The van der Waals surface area contributed by atoms with Gasteiger partial charge < -0.3 is 9.80 Å². The maximum Gasteiger partial charge on any atom is 0.228 e. The Morgan fingerprint density at radius 1 is 1.13 bits per heavy atom. The van der Waals surface area contributed by atoms with Gasteiger partial charge in [-0.15, -0.1) is 11.3 Å².